The van der Waals surface area contributed by atoms with Crippen LogP contribution in [0.2, 0.25) is 0 Å². The molecule has 2 aliphatic rings. The highest BCUT2D eigenvalue weighted by atomic mass is 15.3. The Hall–Kier alpha value is -1.06. The molecule has 1 aromatic rings. The molecule has 1 aliphatic carbocycles. The van der Waals surface area contributed by atoms with Crippen LogP contribution in [0.15, 0.2) is 30.3 Å². The predicted octanol–water partition coefficient (Wildman–Crippen LogP) is 2.73. The molecule has 1 heterocycles. The highest BCUT2D eigenvalue weighted by Gasteiger charge is 2.27. The zero-order chi connectivity index (χ0) is 14.5. The first kappa shape index (κ1) is 14.9. The summed E-state index contributed by atoms with van der Waals surface area (Å²) in [6.45, 7) is 8.14. The van der Waals surface area contributed by atoms with E-state index >= 15 is 0 Å². The molecule has 0 aromatic heterocycles. The second-order valence-electron chi connectivity index (χ2n) is 6.42. The first-order chi connectivity index (χ1) is 10.4. The molecule has 0 spiro atoms. The van der Waals surface area contributed by atoms with Crippen LogP contribution < -0.4 is 10.2 Å². The number of para-hydroxylation sites is 1. The van der Waals surface area contributed by atoms with Gasteiger partial charge in [-0.3, -0.25) is 4.90 Å². The zero-order valence-electron chi connectivity index (χ0n) is 13.3. The van der Waals surface area contributed by atoms with Crippen LogP contribution in [0, 0.1) is 0 Å². The van der Waals surface area contributed by atoms with E-state index in [1.54, 1.807) is 0 Å². The highest BCUT2D eigenvalue weighted by Crippen LogP contribution is 2.25. The van der Waals surface area contributed by atoms with Gasteiger partial charge < -0.3 is 10.2 Å². The Morgan fingerprint density at radius 1 is 0.952 bits per heavy atom. The molecule has 0 amide bonds. The highest BCUT2D eigenvalue weighted by molar-refractivity contribution is 5.46. The van der Waals surface area contributed by atoms with Crippen LogP contribution in [0.3, 0.4) is 0 Å². The number of piperazine rings is 1. The largest absolute Gasteiger partial charge is 0.369 e. The molecule has 1 saturated carbocycles. The average molecular weight is 287 g/mol. The summed E-state index contributed by atoms with van der Waals surface area (Å²) in [6, 6.07) is 12.5. The van der Waals surface area contributed by atoms with E-state index in [2.05, 4.69) is 52.4 Å². The number of nitrogens with one attached hydrogen (secondary N) is 1. The topological polar surface area (TPSA) is 18.5 Å². The molecule has 0 unspecified atom stereocenters. The van der Waals surface area contributed by atoms with Crippen LogP contribution in [-0.2, 0) is 0 Å². The molecule has 21 heavy (non-hydrogen) atoms. The number of rotatable bonds is 4. The van der Waals surface area contributed by atoms with Gasteiger partial charge in [0.1, 0.15) is 0 Å². The monoisotopic (exact) mass is 287 g/mol. The van der Waals surface area contributed by atoms with E-state index in [-0.39, 0.29) is 0 Å². The number of anilines is 1. The first-order valence-electron chi connectivity index (χ1n) is 8.64. The molecular weight excluding hydrogens is 258 g/mol. The van der Waals surface area contributed by atoms with Crippen molar-refractivity contribution in [3.8, 4) is 0 Å². The van der Waals surface area contributed by atoms with Gasteiger partial charge in [-0.05, 0) is 44.4 Å². The summed E-state index contributed by atoms with van der Waals surface area (Å²) in [5.74, 6) is 0. The summed E-state index contributed by atoms with van der Waals surface area (Å²) in [6.07, 6.45) is 5.47. The first-order valence-corrected chi connectivity index (χ1v) is 8.64. The van der Waals surface area contributed by atoms with Gasteiger partial charge in [0.05, 0.1) is 0 Å². The van der Waals surface area contributed by atoms with Crippen LogP contribution in [0.25, 0.3) is 0 Å². The van der Waals surface area contributed by atoms with Gasteiger partial charge in [0, 0.05) is 44.0 Å². The van der Waals surface area contributed by atoms with Crippen LogP contribution >= 0.6 is 0 Å². The number of hydrogen-bond donors (Lipinski definition) is 1. The third-order valence-corrected chi connectivity index (χ3v) is 5.14. The maximum atomic E-state index is 3.61. The van der Waals surface area contributed by atoms with Crippen molar-refractivity contribution in [1.82, 2.24) is 10.2 Å². The van der Waals surface area contributed by atoms with Gasteiger partial charge >= 0.3 is 0 Å². The molecule has 1 saturated heterocycles. The molecule has 1 aliphatic heterocycles. The quantitative estimate of drug-likeness (QED) is 0.918. The molecule has 116 valence electrons. The van der Waals surface area contributed by atoms with Gasteiger partial charge in [-0.2, -0.15) is 0 Å². The molecule has 0 bridgehead atoms. The van der Waals surface area contributed by atoms with Crippen molar-refractivity contribution in [2.24, 2.45) is 0 Å². The normalized spacial score (nSPS) is 27.8. The lowest BCUT2D eigenvalue weighted by atomic mass is 9.90. The van der Waals surface area contributed by atoms with E-state index in [1.807, 2.05) is 0 Å². The number of benzene rings is 1. The summed E-state index contributed by atoms with van der Waals surface area (Å²) in [7, 11) is 0. The number of hydrogen-bond acceptors (Lipinski definition) is 3. The zero-order valence-corrected chi connectivity index (χ0v) is 13.3. The lowest BCUT2D eigenvalue weighted by molar-refractivity contribution is 0.136. The van der Waals surface area contributed by atoms with E-state index in [0.717, 1.165) is 18.6 Å². The molecule has 0 atom stereocenters. The molecule has 3 nitrogen and oxygen atoms in total. The summed E-state index contributed by atoms with van der Waals surface area (Å²) in [5.41, 5.74) is 1.38. The van der Waals surface area contributed by atoms with Crippen molar-refractivity contribution < 1.29 is 0 Å². The molecule has 0 radical (unpaired) electrons. The van der Waals surface area contributed by atoms with Crippen molar-refractivity contribution in [3.63, 3.8) is 0 Å². The van der Waals surface area contributed by atoms with Gasteiger partial charge in [-0.1, -0.05) is 25.1 Å². The Morgan fingerprint density at radius 3 is 2.24 bits per heavy atom. The SMILES string of the molecule is CCNC1CCC(N2CCN(c3ccccc3)CC2)CC1. The fourth-order valence-electron chi connectivity index (χ4n) is 3.92. The van der Waals surface area contributed by atoms with Crippen molar-refractivity contribution in [2.75, 3.05) is 37.6 Å². The molecular formula is C18H29N3. The van der Waals surface area contributed by atoms with Crippen molar-refractivity contribution >= 4 is 5.69 Å². The smallest absolute Gasteiger partial charge is 0.0367 e. The Labute approximate surface area is 129 Å². The van der Waals surface area contributed by atoms with Gasteiger partial charge in [0.2, 0.25) is 0 Å². The summed E-state index contributed by atoms with van der Waals surface area (Å²) in [5, 5.41) is 3.61. The minimum atomic E-state index is 0.775. The average Bonchev–Trinajstić information content (AvgIpc) is 2.57. The van der Waals surface area contributed by atoms with Crippen molar-refractivity contribution in [2.45, 2.75) is 44.7 Å². The third kappa shape index (κ3) is 3.78. The van der Waals surface area contributed by atoms with E-state index in [1.165, 1.54) is 57.5 Å². The Bertz CT molecular complexity index is 404. The minimum absolute atomic E-state index is 0.775. The molecule has 2 fully saturated rings. The Kier molecular flexibility index (Phi) is 5.15. The second kappa shape index (κ2) is 7.28. The fraction of sp³-hybridized carbons (Fsp3) is 0.667. The van der Waals surface area contributed by atoms with Crippen LogP contribution in [0.5, 0.6) is 0 Å². The van der Waals surface area contributed by atoms with Gasteiger partial charge in [-0.15, -0.1) is 0 Å². The van der Waals surface area contributed by atoms with Gasteiger partial charge in [0.15, 0.2) is 0 Å². The fourth-order valence-corrected chi connectivity index (χ4v) is 3.92. The van der Waals surface area contributed by atoms with Crippen molar-refractivity contribution in [3.05, 3.63) is 30.3 Å². The molecule has 1 aromatic carbocycles. The van der Waals surface area contributed by atoms with E-state index in [0.29, 0.717) is 0 Å². The van der Waals surface area contributed by atoms with Gasteiger partial charge in [0.25, 0.3) is 0 Å². The molecule has 3 heteroatoms. The van der Waals surface area contributed by atoms with E-state index < -0.39 is 0 Å². The predicted molar refractivity (Wildman–Crippen MR) is 89.9 cm³/mol. The standard InChI is InChI=1S/C18H29N3/c1-2-19-16-8-10-18(11-9-16)21-14-12-20(13-15-21)17-6-4-3-5-7-17/h3-7,16,18-19H,2,8-15H2,1H3. The summed E-state index contributed by atoms with van der Waals surface area (Å²) >= 11 is 0. The second-order valence-corrected chi connectivity index (χ2v) is 6.42. The summed E-state index contributed by atoms with van der Waals surface area (Å²) in [4.78, 5) is 5.27. The minimum Gasteiger partial charge on any atom is -0.369 e. The Morgan fingerprint density at radius 2 is 1.62 bits per heavy atom. The number of nitrogens with zero attached hydrogens (tertiary/aromatic N) is 2. The van der Waals surface area contributed by atoms with Crippen LogP contribution in [0.1, 0.15) is 32.6 Å². The van der Waals surface area contributed by atoms with E-state index in [4.69, 9.17) is 0 Å². The van der Waals surface area contributed by atoms with Crippen LogP contribution in [0.4, 0.5) is 5.69 Å². The molecule has 1 N–H and O–H groups in total. The van der Waals surface area contributed by atoms with Gasteiger partial charge in [-0.25, -0.2) is 0 Å². The maximum Gasteiger partial charge on any atom is 0.0367 e. The Balaban J connectivity index is 1.46. The third-order valence-electron chi connectivity index (χ3n) is 5.14. The lowest BCUT2D eigenvalue weighted by Gasteiger charge is -2.42. The van der Waals surface area contributed by atoms with Crippen LogP contribution in [-0.4, -0.2) is 49.7 Å². The maximum absolute atomic E-state index is 3.61. The molecule has 3 rings (SSSR count). The summed E-state index contributed by atoms with van der Waals surface area (Å²) < 4.78 is 0. The lowest BCUT2D eigenvalue weighted by Crippen LogP contribution is -2.52. The van der Waals surface area contributed by atoms with E-state index in [9.17, 15) is 0 Å². The van der Waals surface area contributed by atoms with Crippen molar-refractivity contribution in [1.29, 1.82) is 0 Å².